The van der Waals surface area contributed by atoms with Gasteiger partial charge in [0.2, 0.25) is 0 Å². The van der Waals surface area contributed by atoms with Crippen molar-refractivity contribution in [2.24, 2.45) is 0 Å². The van der Waals surface area contributed by atoms with E-state index in [0.717, 1.165) is 22.4 Å². The van der Waals surface area contributed by atoms with Gasteiger partial charge in [-0.15, -0.1) is 0 Å². The SMILES string of the molecule is Cc1cc(Cl)ccc1OC(C)C(=O)Nc1c(C)cccc1C(C)C. The maximum absolute atomic E-state index is 12.6. The van der Waals surface area contributed by atoms with Crippen LogP contribution in [0.15, 0.2) is 36.4 Å². The third kappa shape index (κ3) is 4.30. The van der Waals surface area contributed by atoms with Gasteiger partial charge in [-0.2, -0.15) is 0 Å². The molecule has 0 spiro atoms. The van der Waals surface area contributed by atoms with Crippen molar-refractivity contribution in [3.05, 3.63) is 58.1 Å². The Morgan fingerprint density at radius 3 is 2.42 bits per heavy atom. The van der Waals surface area contributed by atoms with Crippen molar-refractivity contribution < 1.29 is 9.53 Å². The molecule has 0 saturated heterocycles. The Hall–Kier alpha value is -2.00. The van der Waals surface area contributed by atoms with Gasteiger partial charge in [0.15, 0.2) is 6.10 Å². The highest BCUT2D eigenvalue weighted by molar-refractivity contribution is 6.30. The summed E-state index contributed by atoms with van der Waals surface area (Å²) in [5.74, 6) is 0.825. The van der Waals surface area contributed by atoms with Crippen molar-refractivity contribution in [1.29, 1.82) is 0 Å². The highest BCUT2D eigenvalue weighted by Crippen LogP contribution is 2.28. The predicted molar refractivity (Wildman–Crippen MR) is 100 cm³/mol. The Morgan fingerprint density at radius 1 is 1.08 bits per heavy atom. The van der Waals surface area contributed by atoms with Crippen LogP contribution >= 0.6 is 11.6 Å². The fourth-order valence-corrected chi connectivity index (χ4v) is 2.78. The maximum atomic E-state index is 12.6. The van der Waals surface area contributed by atoms with Gasteiger partial charge in [0.05, 0.1) is 0 Å². The second-order valence-electron chi connectivity index (χ2n) is 6.35. The van der Waals surface area contributed by atoms with Crippen molar-refractivity contribution in [1.82, 2.24) is 0 Å². The van der Waals surface area contributed by atoms with Gasteiger partial charge in [-0.1, -0.05) is 43.6 Å². The molecule has 0 radical (unpaired) electrons. The molecule has 24 heavy (non-hydrogen) atoms. The fraction of sp³-hybridized carbons (Fsp3) is 0.350. The molecule has 0 saturated carbocycles. The molecule has 4 heteroatoms. The fourth-order valence-electron chi connectivity index (χ4n) is 2.56. The molecule has 1 amide bonds. The van der Waals surface area contributed by atoms with Crippen LogP contribution in [0.2, 0.25) is 5.02 Å². The van der Waals surface area contributed by atoms with Gasteiger partial charge in [0, 0.05) is 10.7 Å². The lowest BCUT2D eigenvalue weighted by Crippen LogP contribution is -2.31. The number of hydrogen-bond donors (Lipinski definition) is 1. The third-order valence-electron chi connectivity index (χ3n) is 3.99. The minimum Gasteiger partial charge on any atom is -0.481 e. The summed E-state index contributed by atoms with van der Waals surface area (Å²) in [6.07, 6.45) is -0.607. The van der Waals surface area contributed by atoms with Gasteiger partial charge in [0.25, 0.3) is 5.91 Å². The molecule has 2 aromatic rings. The van der Waals surface area contributed by atoms with E-state index in [2.05, 4.69) is 19.2 Å². The summed E-state index contributed by atoms with van der Waals surface area (Å²) in [6, 6.07) is 11.4. The van der Waals surface area contributed by atoms with Crippen molar-refractivity contribution in [3.8, 4) is 5.75 Å². The number of nitrogens with one attached hydrogen (secondary N) is 1. The third-order valence-corrected chi connectivity index (χ3v) is 4.22. The average molecular weight is 346 g/mol. The number of benzene rings is 2. The summed E-state index contributed by atoms with van der Waals surface area (Å²) in [6.45, 7) is 9.87. The molecular weight excluding hydrogens is 322 g/mol. The second kappa shape index (κ2) is 7.71. The topological polar surface area (TPSA) is 38.3 Å². The second-order valence-corrected chi connectivity index (χ2v) is 6.79. The highest BCUT2D eigenvalue weighted by atomic mass is 35.5. The van der Waals surface area contributed by atoms with E-state index in [9.17, 15) is 4.79 Å². The Bertz CT molecular complexity index is 740. The van der Waals surface area contributed by atoms with Gasteiger partial charge < -0.3 is 10.1 Å². The average Bonchev–Trinajstić information content (AvgIpc) is 2.51. The van der Waals surface area contributed by atoms with Crippen LogP contribution in [0.25, 0.3) is 0 Å². The minimum absolute atomic E-state index is 0.166. The van der Waals surface area contributed by atoms with Crippen LogP contribution in [0.3, 0.4) is 0 Å². The lowest BCUT2D eigenvalue weighted by atomic mass is 9.98. The smallest absolute Gasteiger partial charge is 0.265 e. The summed E-state index contributed by atoms with van der Waals surface area (Å²) in [5, 5.41) is 3.67. The molecule has 2 rings (SSSR count). The zero-order valence-corrected chi connectivity index (χ0v) is 15.6. The Labute approximate surface area is 149 Å². The molecular formula is C20H24ClNO2. The molecule has 0 aliphatic carbocycles. The molecule has 0 fully saturated rings. The first kappa shape index (κ1) is 18.3. The number of anilines is 1. The van der Waals surface area contributed by atoms with Crippen molar-refractivity contribution >= 4 is 23.2 Å². The van der Waals surface area contributed by atoms with Crippen molar-refractivity contribution in [3.63, 3.8) is 0 Å². The van der Waals surface area contributed by atoms with E-state index >= 15 is 0 Å². The molecule has 2 aromatic carbocycles. The molecule has 0 aromatic heterocycles. The number of hydrogen-bond acceptors (Lipinski definition) is 2. The van der Waals surface area contributed by atoms with Gasteiger partial charge >= 0.3 is 0 Å². The van der Waals surface area contributed by atoms with Crippen molar-refractivity contribution in [2.75, 3.05) is 5.32 Å². The number of aryl methyl sites for hydroxylation is 2. The lowest BCUT2D eigenvalue weighted by molar-refractivity contribution is -0.122. The van der Waals surface area contributed by atoms with Crippen LogP contribution < -0.4 is 10.1 Å². The summed E-state index contributed by atoms with van der Waals surface area (Å²) in [5.41, 5.74) is 3.95. The van der Waals surface area contributed by atoms with E-state index in [4.69, 9.17) is 16.3 Å². The zero-order valence-electron chi connectivity index (χ0n) is 14.8. The maximum Gasteiger partial charge on any atom is 0.265 e. The van der Waals surface area contributed by atoms with E-state index in [1.54, 1.807) is 19.1 Å². The number of rotatable bonds is 5. The minimum atomic E-state index is -0.607. The van der Waals surface area contributed by atoms with Gasteiger partial charge in [-0.3, -0.25) is 4.79 Å². The standard InChI is InChI=1S/C20H24ClNO2/c1-12(2)17-8-6-7-13(3)19(17)22-20(23)15(5)24-18-10-9-16(21)11-14(18)4/h6-12,15H,1-5H3,(H,22,23). The van der Waals surface area contributed by atoms with E-state index in [-0.39, 0.29) is 5.91 Å². The zero-order chi connectivity index (χ0) is 17.9. The van der Waals surface area contributed by atoms with Gasteiger partial charge in [0.1, 0.15) is 5.75 Å². The number of ether oxygens (including phenoxy) is 1. The summed E-state index contributed by atoms with van der Waals surface area (Å²) in [7, 11) is 0. The molecule has 3 nitrogen and oxygen atoms in total. The van der Waals surface area contributed by atoms with Crippen LogP contribution in [-0.4, -0.2) is 12.0 Å². The Morgan fingerprint density at radius 2 is 1.79 bits per heavy atom. The first-order chi connectivity index (χ1) is 11.3. The van der Waals surface area contributed by atoms with Gasteiger partial charge in [-0.05, 0) is 61.6 Å². The summed E-state index contributed by atoms with van der Waals surface area (Å²) >= 11 is 5.95. The Balaban J connectivity index is 2.15. The highest BCUT2D eigenvalue weighted by Gasteiger charge is 2.19. The van der Waals surface area contributed by atoms with Crippen molar-refractivity contribution in [2.45, 2.75) is 46.6 Å². The lowest BCUT2D eigenvalue weighted by Gasteiger charge is -2.20. The molecule has 1 atom stereocenters. The van der Waals surface area contributed by atoms with Crippen LogP contribution in [0.1, 0.15) is 43.4 Å². The Kier molecular flexibility index (Phi) is 5.89. The first-order valence-corrected chi connectivity index (χ1v) is 8.50. The molecule has 1 N–H and O–H groups in total. The van der Waals surface area contributed by atoms with E-state index in [1.165, 1.54) is 0 Å². The largest absolute Gasteiger partial charge is 0.481 e. The number of carbonyl (C=O) groups excluding carboxylic acids is 1. The molecule has 0 aliphatic heterocycles. The summed E-state index contributed by atoms with van der Waals surface area (Å²) < 4.78 is 5.80. The van der Waals surface area contributed by atoms with Crippen LogP contribution in [0.4, 0.5) is 5.69 Å². The molecule has 1 unspecified atom stereocenters. The van der Waals surface area contributed by atoms with Crippen LogP contribution in [-0.2, 0) is 4.79 Å². The van der Waals surface area contributed by atoms with E-state index < -0.39 is 6.10 Å². The van der Waals surface area contributed by atoms with Gasteiger partial charge in [-0.25, -0.2) is 0 Å². The molecule has 128 valence electrons. The number of para-hydroxylation sites is 1. The number of halogens is 1. The van der Waals surface area contributed by atoms with Crippen LogP contribution in [0, 0.1) is 13.8 Å². The summed E-state index contributed by atoms with van der Waals surface area (Å²) in [4.78, 5) is 12.6. The first-order valence-electron chi connectivity index (χ1n) is 8.12. The monoisotopic (exact) mass is 345 g/mol. The predicted octanol–water partition coefficient (Wildman–Crippen LogP) is 5.49. The number of amides is 1. The number of carbonyl (C=O) groups is 1. The van der Waals surface area contributed by atoms with E-state index in [0.29, 0.717) is 16.7 Å². The normalized spacial score (nSPS) is 12.1. The quantitative estimate of drug-likeness (QED) is 0.778. The molecule has 0 heterocycles. The van der Waals surface area contributed by atoms with Crippen LogP contribution in [0.5, 0.6) is 5.75 Å². The molecule has 0 aliphatic rings. The van der Waals surface area contributed by atoms with E-state index in [1.807, 2.05) is 38.1 Å². The molecule has 0 bridgehead atoms.